The number of aromatic nitrogens is 3. The molecular weight excluding hydrogens is 173 g/mol. The Labute approximate surface area is 63.9 Å². The van der Waals surface area contributed by atoms with Crippen molar-refractivity contribution in [3.63, 3.8) is 0 Å². The average molecular weight is 180 g/mol. The fourth-order valence-corrected chi connectivity index (χ4v) is 0.781. The summed E-state index contributed by atoms with van der Waals surface area (Å²) in [5.74, 6) is 0.135. The van der Waals surface area contributed by atoms with Crippen molar-refractivity contribution in [1.82, 2.24) is 15.2 Å². The molecule has 7 heteroatoms. The number of hydrogen-bond acceptors (Lipinski definition) is 4. The fraction of sp³-hybridized carbons (Fsp3) is 0.500. The van der Waals surface area contributed by atoms with E-state index in [0.717, 1.165) is 0 Å². The third kappa shape index (κ3) is 2.26. The Bertz CT molecular complexity index is 331. The van der Waals surface area contributed by atoms with E-state index in [1.54, 1.807) is 0 Å². The van der Waals surface area contributed by atoms with E-state index in [9.17, 15) is 12.3 Å². The van der Waals surface area contributed by atoms with Gasteiger partial charge in [-0.15, -0.1) is 0 Å². The molecule has 0 amide bonds. The molecular formula is C4H7FN3O2S-. The summed E-state index contributed by atoms with van der Waals surface area (Å²) in [5.41, 5.74) is 0. The Kier molecular flexibility index (Phi) is 2.69. The SMILES string of the molecule is C.Cc1nnc(S(=O)(=O)F)[n-]1. The maximum atomic E-state index is 11.9. The molecule has 0 unspecified atom stereocenters. The number of halogens is 1. The molecule has 0 aliphatic carbocycles. The van der Waals surface area contributed by atoms with E-state index < -0.39 is 15.4 Å². The van der Waals surface area contributed by atoms with E-state index in [1.807, 2.05) is 0 Å². The highest BCUT2D eigenvalue weighted by Gasteiger charge is 2.08. The van der Waals surface area contributed by atoms with Crippen LogP contribution in [0.1, 0.15) is 13.3 Å². The van der Waals surface area contributed by atoms with Gasteiger partial charge >= 0.3 is 10.2 Å². The lowest BCUT2D eigenvalue weighted by molar-refractivity contribution is 0.542. The topological polar surface area (TPSA) is 74.0 Å². The highest BCUT2D eigenvalue weighted by molar-refractivity contribution is 7.86. The second kappa shape index (κ2) is 2.95. The van der Waals surface area contributed by atoms with E-state index in [1.165, 1.54) is 6.92 Å². The molecule has 0 saturated heterocycles. The first kappa shape index (κ1) is 10.0. The Balaban J connectivity index is 0.000001000. The smallest absolute Gasteiger partial charge is 0.337 e. The van der Waals surface area contributed by atoms with Gasteiger partial charge in [0.05, 0.1) is 0 Å². The van der Waals surface area contributed by atoms with Gasteiger partial charge in [-0.2, -0.15) is 8.42 Å². The molecule has 0 radical (unpaired) electrons. The van der Waals surface area contributed by atoms with Gasteiger partial charge in [-0.3, -0.25) is 0 Å². The van der Waals surface area contributed by atoms with Crippen molar-refractivity contribution in [2.45, 2.75) is 19.5 Å². The van der Waals surface area contributed by atoms with Crippen LogP contribution in [0.15, 0.2) is 5.16 Å². The first-order chi connectivity index (χ1) is 4.50. The van der Waals surface area contributed by atoms with Gasteiger partial charge in [-0.25, -0.2) is 0 Å². The van der Waals surface area contributed by atoms with Crippen molar-refractivity contribution in [3.8, 4) is 0 Å². The highest BCUT2D eigenvalue weighted by Crippen LogP contribution is 2.02. The van der Waals surface area contributed by atoms with Gasteiger partial charge in [-0.1, -0.05) is 11.3 Å². The third-order valence-electron chi connectivity index (χ3n) is 0.756. The van der Waals surface area contributed by atoms with E-state index in [4.69, 9.17) is 0 Å². The molecule has 0 spiro atoms. The van der Waals surface area contributed by atoms with Crippen molar-refractivity contribution >= 4 is 10.2 Å². The van der Waals surface area contributed by atoms with Crippen LogP contribution in [-0.2, 0) is 10.2 Å². The molecule has 0 aliphatic heterocycles. The van der Waals surface area contributed by atoms with Gasteiger partial charge in [-0.05, 0) is 12.7 Å². The maximum Gasteiger partial charge on any atom is 0.337 e. The van der Waals surface area contributed by atoms with E-state index in [2.05, 4.69) is 15.2 Å². The Hall–Kier alpha value is -0.980. The zero-order valence-corrected chi connectivity index (χ0v) is 5.76. The summed E-state index contributed by atoms with van der Waals surface area (Å²) in [6.07, 6.45) is 0. The molecule has 11 heavy (non-hydrogen) atoms. The van der Waals surface area contributed by atoms with Crippen molar-refractivity contribution < 1.29 is 12.3 Å². The fourth-order valence-electron chi connectivity index (χ4n) is 0.402. The molecule has 0 saturated carbocycles. The monoisotopic (exact) mass is 180 g/mol. The van der Waals surface area contributed by atoms with Gasteiger partial charge < -0.3 is 15.2 Å². The lowest BCUT2D eigenvalue weighted by Gasteiger charge is -1.88. The van der Waals surface area contributed by atoms with Gasteiger partial charge in [0.25, 0.3) is 0 Å². The van der Waals surface area contributed by atoms with Crippen LogP contribution in [0.25, 0.3) is 0 Å². The van der Waals surface area contributed by atoms with Crippen LogP contribution in [0, 0.1) is 6.92 Å². The average Bonchev–Trinajstić information content (AvgIpc) is 2.11. The summed E-state index contributed by atoms with van der Waals surface area (Å²) in [5, 5.41) is 5.30. The van der Waals surface area contributed by atoms with Crippen LogP contribution in [0.3, 0.4) is 0 Å². The minimum Gasteiger partial charge on any atom is -0.353 e. The number of rotatable bonds is 1. The molecule has 1 heterocycles. The van der Waals surface area contributed by atoms with Crippen molar-refractivity contribution in [2.24, 2.45) is 0 Å². The lowest BCUT2D eigenvalue weighted by atomic mass is 10.8. The summed E-state index contributed by atoms with van der Waals surface area (Å²) in [6.45, 7) is 1.42. The summed E-state index contributed by atoms with van der Waals surface area (Å²) < 4.78 is 32.0. The predicted octanol–water partition coefficient (Wildman–Crippen LogP) is 0.0365. The van der Waals surface area contributed by atoms with Crippen LogP contribution in [0.5, 0.6) is 0 Å². The summed E-state index contributed by atoms with van der Waals surface area (Å²) in [6, 6.07) is 0. The second-order valence-electron chi connectivity index (χ2n) is 1.58. The van der Waals surface area contributed by atoms with Crippen molar-refractivity contribution in [3.05, 3.63) is 5.82 Å². The minimum absolute atomic E-state index is 0. The quantitative estimate of drug-likeness (QED) is 0.570. The van der Waals surface area contributed by atoms with Gasteiger partial charge in [0.15, 0.2) is 0 Å². The van der Waals surface area contributed by atoms with E-state index >= 15 is 0 Å². The predicted molar refractivity (Wildman–Crippen MR) is 35.1 cm³/mol. The highest BCUT2D eigenvalue weighted by atomic mass is 32.3. The molecule has 0 atom stereocenters. The van der Waals surface area contributed by atoms with Crippen molar-refractivity contribution in [1.29, 1.82) is 0 Å². The first-order valence-corrected chi connectivity index (χ1v) is 3.67. The Morgan fingerprint density at radius 3 is 2.18 bits per heavy atom. The zero-order valence-electron chi connectivity index (χ0n) is 4.94. The molecule has 0 N–H and O–H groups in total. The van der Waals surface area contributed by atoms with E-state index in [0.29, 0.717) is 0 Å². The molecule has 0 aliphatic rings. The number of hydrogen-bond donors (Lipinski definition) is 0. The molecule has 64 valence electrons. The first-order valence-electron chi connectivity index (χ1n) is 2.29. The molecule has 5 nitrogen and oxygen atoms in total. The standard InChI is InChI=1S/C3H3FN3O2S.CH4/c1-2-5-3(7-6-2)10(4,8)9;/h1H3;1H4/q-1;. The van der Waals surface area contributed by atoms with E-state index in [-0.39, 0.29) is 13.3 Å². The molecule has 1 aromatic heterocycles. The number of nitrogens with zero attached hydrogens (tertiary/aromatic N) is 3. The summed E-state index contributed by atoms with van der Waals surface area (Å²) in [7, 11) is -4.77. The van der Waals surface area contributed by atoms with Gasteiger partial charge in [0.1, 0.15) is 5.16 Å². The van der Waals surface area contributed by atoms with Crippen LogP contribution < -0.4 is 4.98 Å². The molecule has 1 rings (SSSR count). The maximum absolute atomic E-state index is 11.9. The second-order valence-corrected chi connectivity index (χ2v) is 2.82. The third-order valence-corrected chi connectivity index (χ3v) is 1.36. The summed E-state index contributed by atoms with van der Waals surface area (Å²) in [4.78, 5) is 3.20. The summed E-state index contributed by atoms with van der Waals surface area (Å²) >= 11 is 0. The number of aryl methyl sites for hydroxylation is 1. The molecule has 0 aromatic carbocycles. The van der Waals surface area contributed by atoms with Gasteiger partial charge in [0, 0.05) is 0 Å². The normalized spacial score (nSPS) is 10.7. The van der Waals surface area contributed by atoms with Crippen LogP contribution in [0.2, 0.25) is 0 Å². The van der Waals surface area contributed by atoms with Crippen LogP contribution in [-0.4, -0.2) is 18.6 Å². The Morgan fingerprint density at radius 1 is 1.45 bits per heavy atom. The van der Waals surface area contributed by atoms with Crippen LogP contribution in [0.4, 0.5) is 3.89 Å². The minimum atomic E-state index is -4.77. The largest absolute Gasteiger partial charge is 0.353 e. The molecule has 0 bridgehead atoms. The van der Waals surface area contributed by atoms with Crippen molar-refractivity contribution in [2.75, 3.05) is 0 Å². The molecule has 1 aromatic rings. The lowest BCUT2D eigenvalue weighted by Crippen LogP contribution is -1.95. The Morgan fingerprint density at radius 2 is 2.00 bits per heavy atom. The van der Waals surface area contributed by atoms with Crippen LogP contribution >= 0.6 is 0 Å². The van der Waals surface area contributed by atoms with Gasteiger partial charge in [0.2, 0.25) is 0 Å². The molecule has 0 fully saturated rings. The zero-order chi connectivity index (χ0) is 7.78.